The summed E-state index contributed by atoms with van der Waals surface area (Å²) in [6.07, 6.45) is 4.40. The van der Waals surface area contributed by atoms with Crippen molar-refractivity contribution in [1.82, 2.24) is 10.2 Å². The molecule has 1 aromatic carbocycles. The van der Waals surface area contributed by atoms with Gasteiger partial charge in [-0.25, -0.2) is 0 Å². The molecule has 1 saturated carbocycles. The Morgan fingerprint density at radius 2 is 2.11 bits per heavy atom. The number of ether oxygens (including phenoxy) is 2. The predicted molar refractivity (Wildman–Crippen MR) is 101 cm³/mol. The highest BCUT2D eigenvalue weighted by molar-refractivity contribution is 6.31. The molecule has 3 fully saturated rings. The number of halogens is 1. The molecule has 27 heavy (non-hydrogen) atoms. The molecule has 1 aromatic rings. The summed E-state index contributed by atoms with van der Waals surface area (Å²) in [4.78, 5) is 28.0. The molecule has 1 N–H and O–H groups in total. The molecular formula is C20H25ClN2O4. The van der Waals surface area contributed by atoms with Crippen LogP contribution >= 0.6 is 11.6 Å². The van der Waals surface area contributed by atoms with Crippen LogP contribution < -0.4 is 10.1 Å². The van der Waals surface area contributed by atoms with Crippen LogP contribution in [-0.4, -0.2) is 56.2 Å². The van der Waals surface area contributed by atoms with E-state index in [0.717, 1.165) is 25.7 Å². The average Bonchev–Trinajstić information content (AvgIpc) is 3.36. The number of nitrogens with one attached hydrogen (secondary N) is 1. The quantitative estimate of drug-likeness (QED) is 0.854. The van der Waals surface area contributed by atoms with E-state index in [2.05, 4.69) is 5.32 Å². The topological polar surface area (TPSA) is 67.9 Å². The lowest BCUT2D eigenvalue weighted by Crippen LogP contribution is -2.49. The van der Waals surface area contributed by atoms with E-state index in [-0.39, 0.29) is 23.8 Å². The lowest BCUT2D eigenvalue weighted by molar-refractivity contribution is -0.132. The van der Waals surface area contributed by atoms with Gasteiger partial charge < -0.3 is 19.7 Å². The number of amides is 2. The Morgan fingerprint density at radius 1 is 1.33 bits per heavy atom. The molecule has 1 aliphatic carbocycles. The Kier molecular flexibility index (Phi) is 5.03. The molecule has 0 unspecified atom stereocenters. The maximum absolute atomic E-state index is 13.1. The Balaban J connectivity index is 1.54. The van der Waals surface area contributed by atoms with Crippen molar-refractivity contribution in [3.8, 4) is 5.75 Å². The first-order valence-corrected chi connectivity index (χ1v) is 9.93. The number of hydrogen-bond acceptors (Lipinski definition) is 4. The van der Waals surface area contributed by atoms with Gasteiger partial charge in [0.15, 0.2) is 0 Å². The molecule has 0 radical (unpaired) electrons. The van der Waals surface area contributed by atoms with Crippen LogP contribution in [0.4, 0.5) is 0 Å². The van der Waals surface area contributed by atoms with E-state index < -0.39 is 5.41 Å². The van der Waals surface area contributed by atoms with E-state index >= 15 is 0 Å². The van der Waals surface area contributed by atoms with Crippen LogP contribution in [0.15, 0.2) is 18.2 Å². The highest BCUT2D eigenvalue weighted by Crippen LogP contribution is 2.43. The second-order valence-electron chi connectivity index (χ2n) is 7.85. The summed E-state index contributed by atoms with van der Waals surface area (Å²) in [7, 11) is 1.53. The zero-order chi connectivity index (χ0) is 19.0. The van der Waals surface area contributed by atoms with E-state index in [9.17, 15) is 9.59 Å². The van der Waals surface area contributed by atoms with Crippen LogP contribution in [0.25, 0.3) is 0 Å². The minimum Gasteiger partial charge on any atom is -0.496 e. The smallest absolute Gasteiger partial charge is 0.257 e. The fourth-order valence-corrected chi connectivity index (χ4v) is 4.80. The van der Waals surface area contributed by atoms with E-state index in [1.807, 2.05) is 0 Å². The Labute approximate surface area is 164 Å². The summed E-state index contributed by atoms with van der Waals surface area (Å²) < 4.78 is 11.0. The lowest BCUT2D eigenvalue weighted by Gasteiger charge is -2.28. The van der Waals surface area contributed by atoms with Gasteiger partial charge in [0.25, 0.3) is 5.91 Å². The summed E-state index contributed by atoms with van der Waals surface area (Å²) >= 11 is 6.08. The molecule has 4 rings (SSSR count). The number of carbonyl (C=O) groups is 2. The molecular weight excluding hydrogens is 368 g/mol. The first kappa shape index (κ1) is 18.6. The van der Waals surface area contributed by atoms with Gasteiger partial charge in [-0.3, -0.25) is 9.59 Å². The van der Waals surface area contributed by atoms with Crippen LogP contribution in [0.1, 0.15) is 36.0 Å². The highest BCUT2D eigenvalue weighted by Gasteiger charge is 2.57. The van der Waals surface area contributed by atoms with Crippen molar-refractivity contribution < 1.29 is 19.1 Å². The van der Waals surface area contributed by atoms with Crippen molar-refractivity contribution in [3.05, 3.63) is 28.8 Å². The van der Waals surface area contributed by atoms with Crippen molar-refractivity contribution in [3.63, 3.8) is 0 Å². The molecule has 2 heterocycles. The minimum atomic E-state index is -0.649. The molecule has 3 aliphatic rings. The van der Waals surface area contributed by atoms with E-state index in [0.29, 0.717) is 42.6 Å². The summed E-state index contributed by atoms with van der Waals surface area (Å²) in [6.45, 7) is 1.75. The van der Waals surface area contributed by atoms with Gasteiger partial charge in [0.05, 0.1) is 31.3 Å². The van der Waals surface area contributed by atoms with Gasteiger partial charge in [-0.1, -0.05) is 24.4 Å². The molecule has 146 valence electrons. The SMILES string of the molecule is COc1ccc(Cl)cc1C(=O)N1C[C@@H]2COC[C@]2(C(=O)NC2CCCC2)C1. The average molecular weight is 393 g/mol. The Hall–Kier alpha value is -1.79. The third kappa shape index (κ3) is 3.29. The number of methoxy groups -OCH3 is 1. The zero-order valence-corrected chi connectivity index (χ0v) is 16.3. The van der Waals surface area contributed by atoms with Gasteiger partial charge in [-0.15, -0.1) is 0 Å². The van der Waals surface area contributed by atoms with Crippen LogP contribution in [0.5, 0.6) is 5.75 Å². The van der Waals surface area contributed by atoms with E-state index in [1.54, 1.807) is 23.1 Å². The first-order valence-electron chi connectivity index (χ1n) is 9.55. The van der Waals surface area contributed by atoms with Crippen LogP contribution in [0.3, 0.4) is 0 Å². The maximum atomic E-state index is 13.1. The second-order valence-corrected chi connectivity index (χ2v) is 8.29. The van der Waals surface area contributed by atoms with Crippen molar-refractivity contribution in [1.29, 1.82) is 0 Å². The van der Waals surface area contributed by atoms with Gasteiger partial charge in [0.1, 0.15) is 5.75 Å². The zero-order valence-electron chi connectivity index (χ0n) is 15.5. The highest BCUT2D eigenvalue weighted by atomic mass is 35.5. The minimum absolute atomic E-state index is 0.0213. The van der Waals surface area contributed by atoms with Crippen molar-refractivity contribution in [2.24, 2.45) is 11.3 Å². The Bertz CT molecular complexity index is 749. The second kappa shape index (κ2) is 7.32. The van der Waals surface area contributed by atoms with Gasteiger partial charge in [0.2, 0.25) is 5.91 Å². The van der Waals surface area contributed by atoms with Gasteiger partial charge in [-0.2, -0.15) is 0 Å². The fourth-order valence-electron chi connectivity index (χ4n) is 4.63. The van der Waals surface area contributed by atoms with Crippen LogP contribution in [-0.2, 0) is 9.53 Å². The molecule has 6 nitrogen and oxygen atoms in total. The predicted octanol–water partition coefficient (Wildman–Crippen LogP) is 2.50. The maximum Gasteiger partial charge on any atom is 0.257 e. The van der Waals surface area contributed by atoms with Crippen molar-refractivity contribution in [2.75, 3.05) is 33.4 Å². The summed E-state index contributed by atoms with van der Waals surface area (Å²) in [5.74, 6) is 0.386. The standard InChI is InChI=1S/C20H25ClN2O4/c1-26-17-7-6-14(21)8-16(17)18(24)23-9-13-10-27-12-20(13,11-23)19(25)22-15-4-2-3-5-15/h6-8,13,15H,2-5,9-12H2,1H3,(H,22,25)/t13-,20-/m1/s1. The number of benzene rings is 1. The number of fused-ring (bicyclic) bond motifs is 1. The van der Waals surface area contributed by atoms with E-state index in [1.165, 1.54) is 7.11 Å². The lowest BCUT2D eigenvalue weighted by atomic mass is 9.80. The molecule has 0 aromatic heterocycles. The van der Waals surface area contributed by atoms with Crippen LogP contribution in [0.2, 0.25) is 5.02 Å². The third-order valence-electron chi connectivity index (χ3n) is 6.20. The Morgan fingerprint density at radius 3 is 2.85 bits per heavy atom. The number of likely N-dealkylation sites (tertiary alicyclic amines) is 1. The molecule has 0 spiro atoms. The first-order chi connectivity index (χ1) is 13.0. The van der Waals surface area contributed by atoms with Crippen LogP contribution in [0, 0.1) is 11.3 Å². The summed E-state index contributed by atoms with van der Waals surface area (Å²) in [6, 6.07) is 5.27. The monoisotopic (exact) mass is 392 g/mol. The molecule has 2 atom stereocenters. The molecule has 2 amide bonds. The van der Waals surface area contributed by atoms with Gasteiger partial charge in [0, 0.05) is 30.1 Å². The molecule has 2 aliphatic heterocycles. The summed E-state index contributed by atoms with van der Waals surface area (Å²) in [5, 5.41) is 3.69. The van der Waals surface area contributed by atoms with Gasteiger partial charge in [-0.05, 0) is 31.0 Å². The number of nitrogens with zero attached hydrogens (tertiary/aromatic N) is 1. The number of rotatable bonds is 4. The van der Waals surface area contributed by atoms with Crippen molar-refractivity contribution >= 4 is 23.4 Å². The number of hydrogen-bond donors (Lipinski definition) is 1. The van der Waals surface area contributed by atoms with Gasteiger partial charge >= 0.3 is 0 Å². The molecule has 0 bridgehead atoms. The molecule has 7 heteroatoms. The third-order valence-corrected chi connectivity index (χ3v) is 6.43. The van der Waals surface area contributed by atoms with Crippen molar-refractivity contribution in [2.45, 2.75) is 31.7 Å². The van der Waals surface area contributed by atoms with E-state index in [4.69, 9.17) is 21.1 Å². The fraction of sp³-hybridized carbons (Fsp3) is 0.600. The normalized spacial score (nSPS) is 27.6. The largest absolute Gasteiger partial charge is 0.496 e. The summed E-state index contributed by atoms with van der Waals surface area (Å²) in [5.41, 5.74) is -0.221. The molecule has 2 saturated heterocycles. The number of carbonyl (C=O) groups excluding carboxylic acids is 2.